The molecule has 24 heavy (non-hydrogen) atoms. The van der Waals surface area contributed by atoms with Crippen molar-refractivity contribution in [3.05, 3.63) is 35.9 Å². The van der Waals surface area contributed by atoms with E-state index in [4.69, 9.17) is 0 Å². The number of carbonyl (C=O) groups is 1. The lowest BCUT2D eigenvalue weighted by atomic mass is 10.0. The fraction of sp³-hybridized carbons (Fsp3) is 0.650. The zero-order chi connectivity index (χ0) is 16.8. The largest absolute Gasteiger partial charge is 0.339 e. The van der Waals surface area contributed by atoms with Gasteiger partial charge in [-0.2, -0.15) is 0 Å². The van der Waals surface area contributed by atoms with Gasteiger partial charge < -0.3 is 15.1 Å². The summed E-state index contributed by atoms with van der Waals surface area (Å²) < 4.78 is 0. The van der Waals surface area contributed by atoms with Crippen molar-refractivity contribution in [3.63, 3.8) is 0 Å². The molecule has 4 heteroatoms. The zero-order valence-electron chi connectivity index (χ0n) is 14.9. The van der Waals surface area contributed by atoms with Crippen LogP contribution in [0.25, 0.3) is 0 Å². The quantitative estimate of drug-likeness (QED) is 0.870. The highest BCUT2D eigenvalue weighted by molar-refractivity contribution is 5.82. The minimum Gasteiger partial charge on any atom is -0.339 e. The van der Waals surface area contributed by atoms with Gasteiger partial charge in [0.05, 0.1) is 6.04 Å². The first-order valence-corrected chi connectivity index (χ1v) is 9.58. The lowest BCUT2D eigenvalue weighted by molar-refractivity contribution is -0.136. The van der Waals surface area contributed by atoms with Crippen LogP contribution in [0.15, 0.2) is 30.3 Å². The zero-order valence-corrected chi connectivity index (χ0v) is 14.9. The Balaban J connectivity index is 1.45. The molecule has 1 aromatic rings. The fourth-order valence-electron chi connectivity index (χ4n) is 4.08. The maximum Gasteiger partial charge on any atom is 0.239 e. The van der Waals surface area contributed by atoms with Crippen LogP contribution < -0.4 is 5.32 Å². The number of likely N-dealkylation sites (N-methyl/N-ethyl adjacent to an activating group) is 1. The van der Waals surface area contributed by atoms with E-state index in [1.165, 1.54) is 5.56 Å². The predicted molar refractivity (Wildman–Crippen MR) is 98.0 cm³/mol. The van der Waals surface area contributed by atoms with E-state index in [-0.39, 0.29) is 6.04 Å². The van der Waals surface area contributed by atoms with Crippen LogP contribution in [-0.4, -0.2) is 60.5 Å². The van der Waals surface area contributed by atoms with E-state index in [1.807, 2.05) is 0 Å². The first kappa shape index (κ1) is 17.4. The molecule has 0 radical (unpaired) electrons. The molecule has 1 amide bonds. The van der Waals surface area contributed by atoms with Gasteiger partial charge in [-0.15, -0.1) is 0 Å². The maximum absolute atomic E-state index is 12.7. The minimum absolute atomic E-state index is 0.0704. The van der Waals surface area contributed by atoms with Crippen LogP contribution in [0, 0.1) is 0 Å². The molecule has 0 bridgehead atoms. The van der Waals surface area contributed by atoms with Crippen molar-refractivity contribution in [2.45, 2.75) is 51.1 Å². The molecular weight excluding hydrogens is 298 g/mol. The smallest absolute Gasteiger partial charge is 0.239 e. The first-order chi connectivity index (χ1) is 11.8. The van der Waals surface area contributed by atoms with E-state index in [1.54, 1.807) is 0 Å². The van der Waals surface area contributed by atoms with Crippen LogP contribution in [0.1, 0.15) is 38.2 Å². The van der Waals surface area contributed by atoms with E-state index in [0.717, 1.165) is 64.8 Å². The normalized spacial score (nSPS) is 22.6. The Hall–Kier alpha value is -1.39. The van der Waals surface area contributed by atoms with Crippen LogP contribution in [0.4, 0.5) is 0 Å². The molecule has 0 unspecified atom stereocenters. The Labute approximate surface area is 146 Å². The van der Waals surface area contributed by atoms with E-state index < -0.39 is 0 Å². The third-order valence-electron chi connectivity index (χ3n) is 5.54. The summed E-state index contributed by atoms with van der Waals surface area (Å²) in [7, 11) is 0. The molecule has 1 N–H and O–H groups in total. The van der Waals surface area contributed by atoms with Gasteiger partial charge in [-0.05, 0) is 51.1 Å². The molecule has 2 fully saturated rings. The van der Waals surface area contributed by atoms with Crippen LogP contribution in [0.2, 0.25) is 0 Å². The molecule has 2 saturated heterocycles. The number of amides is 1. The van der Waals surface area contributed by atoms with Crippen LogP contribution in [0.5, 0.6) is 0 Å². The predicted octanol–water partition coefficient (Wildman–Crippen LogP) is 2.29. The number of likely N-dealkylation sites (tertiary alicyclic amines) is 1. The van der Waals surface area contributed by atoms with Crippen LogP contribution in [0.3, 0.4) is 0 Å². The van der Waals surface area contributed by atoms with Crippen molar-refractivity contribution >= 4 is 5.91 Å². The molecule has 1 aromatic carbocycles. The summed E-state index contributed by atoms with van der Waals surface area (Å²) in [5, 5.41) is 3.36. The molecule has 2 aliphatic heterocycles. The number of rotatable bonds is 6. The molecule has 2 heterocycles. The molecule has 132 valence electrons. The van der Waals surface area contributed by atoms with Crippen LogP contribution >= 0.6 is 0 Å². The average molecular weight is 329 g/mol. The second kappa shape index (κ2) is 8.63. The van der Waals surface area contributed by atoms with Gasteiger partial charge in [-0.25, -0.2) is 0 Å². The van der Waals surface area contributed by atoms with Crippen molar-refractivity contribution in [2.24, 2.45) is 0 Å². The molecule has 0 spiro atoms. The van der Waals surface area contributed by atoms with Gasteiger partial charge in [0.2, 0.25) is 5.91 Å². The third-order valence-corrected chi connectivity index (χ3v) is 5.54. The number of benzene rings is 1. The van der Waals surface area contributed by atoms with E-state index >= 15 is 0 Å². The molecular formula is C20H31N3O. The van der Waals surface area contributed by atoms with Gasteiger partial charge >= 0.3 is 0 Å². The lowest BCUT2D eigenvalue weighted by Gasteiger charge is -2.39. The van der Waals surface area contributed by atoms with Gasteiger partial charge in [0, 0.05) is 32.2 Å². The first-order valence-electron chi connectivity index (χ1n) is 9.58. The van der Waals surface area contributed by atoms with Gasteiger partial charge in [0.15, 0.2) is 0 Å². The Kier molecular flexibility index (Phi) is 6.27. The van der Waals surface area contributed by atoms with Gasteiger partial charge in [-0.3, -0.25) is 4.79 Å². The standard InChI is InChI=1S/C20H31N3O/c1-2-23(20(24)19-9-6-13-21-19)18-11-15-22(16-12-18)14-10-17-7-4-3-5-8-17/h3-5,7-8,18-19,21H,2,6,9-16H2,1H3/t19-/m0/s1. The van der Waals surface area contributed by atoms with Crippen molar-refractivity contribution in [1.82, 2.24) is 15.1 Å². The average Bonchev–Trinajstić information content (AvgIpc) is 3.17. The van der Waals surface area contributed by atoms with Crippen molar-refractivity contribution in [2.75, 3.05) is 32.7 Å². The van der Waals surface area contributed by atoms with Gasteiger partial charge in [0.25, 0.3) is 0 Å². The van der Waals surface area contributed by atoms with E-state index in [2.05, 4.69) is 52.4 Å². The number of piperidine rings is 1. The summed E-state index contributed by atoms with van der Waals surface area (Å²) in [5.41, 5.74) is 1.41. The Morgan fingerprint density at radius 2 is 1.96 bits per heavy atom. The third kappa shape index (κ3) is 4.37. The molecule has 0 aliphatic carbocycles. The summed E-state index contributed by atoms with van der Waals surface area (Å²) in [6.45, 7) is 7.30. The number of carbonyl (C=O) groups excluding carboxylic acids is 1. The molecule has 0 saturated carbocycles. The number of hydrogen-bond acceptors (Lipinski definition) is 3. The Morgan fingerprint density at radius 1 is 1.21 bits per heavy atom. The maximum atomic E-state index is 12.7. The summed E-state index contributed by atoms with van der Waals surface area (Å²) >= 11 is 0. The highest BCUT2D eigenvalue weighted by atomic mass is 16.2. The SMILES string of the molecule is CCN(C(=O)[C@@H]1CCCN1)C1CCN(CCc2ccccc2)CC1. The van der Waals surface area contributed by atoms with Crippen molar-refractivity contribution in [3.8, 4) is 0 Å². The highest BCUT2D eigenvalue weighted by Crippen LogP contribution is 2.19. The number of nitrogens with one attached hydrogen (secondary N) is 1. The lowest BCUT2D eigenvalue weighted by Crippen LogP contribution is -2.52. The van der Waals surface area contributed by atoms with E-state index in [9.17, 15) is 4.79 Å². The van der Waals surface area contributed by atoms with Crippen molar-refractivity contribution < 1.29 is 4.79 Å². The summed E-state index contributed by atoms with van der Waals surface area (Å²) in [4.78, 5) is 17.4. The molecule has 0 aromatic heterocycles. The summed E-state index contributed by atoms with van der Waals surface area (Å²) in [6.07, 6.45) is 5.48. The summed E-state index contributed by atoms with van der Waals surface area (Å²) in [6, 6.07) is 11.2. The topological polar surface area (TPSA) is 35.6 Å². The fourth-order valence-corrected chi connectivity index (χ4v) is 4.08. The molecule has 1 atom stereocenters. The van der Waals surface area contributed by atoms with Crippen LogP contribution in [-0.2, 0) is 11.2 Å². The monoisotopic (exact) mass is 329 g/mol. The highest BCUT2D eigenvalue weighted by Gasteiger charge is 2.32. The summed E-state index contributed by atoms with van der Waals surface area (Å²) in [5.74, 6) is 0.331. The second-order valence-electron chi connectivity index (χ2n) is 7.08. The number of hydrogen-bond donors (Lipinski definition) is 1. The second-order valence-corrected chi connectivity index (χ2v) is 7.08. The Morgan fingerprint density at radius 3 is 2.58 bits per heavy atom. The minimum atomic E-state index is 0.0704. The van der Waals surface area contributed by atoms with Gasteiger partial charge in [0.1, 0.15) is 0 Å². The Bertz CT molecular complexity index is 505. The van der Waals surface area contributed by atoms with Crippen molar-refractivity contribution in [1.29, 1.82) is 0 Å². The van der Waals surface area contributed by atoms with E-state index in [0.29, 0.717) is 11.9 Å². The number of nitrogens with zero attached hydrogens (tertiary/aromatic N) is 2. The molecule has 4 nitrogen and oxygen atoms in total. The molecule has 3 rings (SSSR count). The molecule has 2 aliphatic rings. The van der Waals surface area contributed by atoms with Gasteiger partial charge in [-0.1, -0.05) is 30.3 Å².